The van der Waals surface area contributed by atoms with Crippen molar-refractivity contribution in [2.45, 2.75) is 46.1 Å². The van der Waals surface area contributed by atoms with E-state index in [9.17, 15) is 4.79 Å². The van der Waals surface area contributed by atoms with Gasteiger partial charge < -0.3 is 4.74 Å². The summed E-state index contributed by atoms with van der Waals surface area (Å²) in [5, 5.41) is 0. The summed E-state index contributed by atoms with van der Waals surface area (Å²) in [6.45, 7) is 9.00. The second kappa shape index (κ2) is 6.11. The van der Waals surface area contributed by atoms with Crippen LogP contribution in [0.4, 0.5) is 0 Å². The number of hydrogen-bond acceptors (Lipinski definition) is 3. The summed E-state index contributed by atoms with van der Waals surface area (Å²) < 4.78 is 4.96. The van der Waals surface area contributed by atoms with Crippen LogP contribution in [0.2, 0.25) is 0 Å². The minimum Gasteiger partial charge on any atom is -0.466 e. The lowest BCUT2D eigenvalue weighted by Gasteiger charge is -2.35. The molecule has 0 aromatic carbocycles. The molecular weight excluding hydrogens is 190 g/mol. The van der Waals surface area contributed by atoms with Gasteiger partial charge in [0.2, 0.25) is 0 Å². The predicted octanol–water partition coefficient (Wildman–Crippen LogP) is 2.06. The van der Waals surface area contributed by atoms with Gasteiger partial charge in [-0.15, -0.1) is 0 Å². The van der Waals surface area contributed by atoms with E-state index in [0.29, 0.717) is 19.1 Å². The number of carbonyl (C=O) groups excluding carboxylic acids is 1. The quantitative estimate of drug-likeness (QED) is 0.669. The van der Waals surface area contributed by atoms with Gasteiger partial charge in [0.25, 0.3) is 0 Å². The highest BCUT2D eigenvalue weighted by molar-refractivity contribution is 5.70. The molecule has 0 aliphatic carbocycles. The maximum absolute atomic E-state index is 11.3. The fourth-order valence-electron chi connectivity index (χ4n) is 2.22. The number of piperidine rings is 1. The lowest BCUT2D eigenvalue weighted by atomic mass is 9.98. The van der Waals surface area contributed by atoms with Crippen molar-refractivity contribution in [1.82, 2.24) is 4.90 Å². The van der Waals surface area contributed by atoms with E-state index in [-0.39, 0.29) is 5.97 Å². The Morgan fingerprint density at radius 3 is 2.93 bits per heavy atom. The molecular formula is C12H23NO2. The first-order chi connectivity index (χ1) is 7.13. The molecule has 0 amide bonds. The second-order valence-corrected chi connectivity index (χ2v) is 4.60. The zero-order chi connectivity index (χ0) is 11.3. The number of nitrogens with zero attached hydrogens (tertiary/aromatic N) is 1. The minimum atomic E-state index is -0.0665. The van der Waals surface area contributed by atoms with Gasteiger partial charge in [-0.3, -0.25) is 9.69 Å². The van der Waals surface area contributed by atoms with Crippen molar-refractivity contribution < 1.29 is 9.53 Å². The Hall–Kier alpha value is -0.570. The molecule has 0 spiro atoms. The summed E-state index contributed by atoms with van der Waals surface area (Å²) in [6.07, 6.45) is 3.11. The fraction of sp³-hybridized carbons (Fsp3) is 0.917. The second-order valence-electron chi connectivity index (χ2n) is 4.60. The third kappa shape index (κ3) is 4.20. The zero-order valence-electron chi connectivity index (χ0n) is 10.2. The van der Waals surface area contributed by atoms with Crippen LogP contribution >= 0.6 is 0 Å². The Morgan fingerprint density at radius 2 is 2.33 bits per heavy atom. The Morgan fingerprint density at radius 1 is 1.60 bits per heavy atom. The van der Waals surface area contributed by atoms with Gasteiger partial charge in [0, 0.05) is 12.6 Å². The van der Waals surface area contributed by atoms with E-state index in [1.807, 2.05) is 6.92 Å². The van der Waals surface area contributed by atoms with Gasteiger partial charge in [-0.05, 0) is 39.2 Å². The highest BCUT2D eigenvalue weighted by atomic mass is 16.5. The van der Waals surface area contributed by atoms with E-state index in [1.165, 1.54) is 12.8 Å². The number of likely N-dealkylation sites (tertiary alicyclic amines) is 1. The third-order valence-electron chi connectivity index (χ3n) is 3.08. The van der Waals surface area contributed by atoms with Gasteiger partial charge in [-0.25, -0.2) is 0 Å². The third-order valence-corrected chi connectivity index (χ3v) is 3.08. The summed E-state index contributed by atoms with van der Waals surface area (Å²) in [5.41, 5.74) is 0. The number of hydrogen-bond donors (Lipinski definition) is 0. The fourth-order valence-corrected chi connectivity index (χ4v) is 2.22. The molecule has 3 heteroatoms. The normalized spacial score (nSPS) is 24.9. The molecule has 88 valence electrons. The van der Waals surface area contributed by atoms with Crippen molar-refractivity contribution in [3.63, 3.8) is 0 Å². The first kappa shape index (κ1) is 12.5. The Bertz CT molecular complexity index is 206. The minimum absolute atomic E-state index is 0.0665. The molecule has 15 heavy (non-hydrogen) atoms. The number of rotatable bonds is 4. The highest BCUT2D eigenvalue weighted by Crippen LogP contribution is 2.18. The van der Waals surface area contributed by atoms with Crippen molar-refractivity contribution in [3.05, 3.63) is 0 Å². The van der Waals surface area contributed by atoms with Gasteiger partial charge >= 0.3 is 5.97 Å². The van der Waals surface area contributed by atoms with Crippen molar-refractivity contribution in [2.75, 3.05) is 19.7 Å². The molecule has 0 bridgehead atoms. The molecule has 1 fully saturated rings. The van der Waals surface area contributed by atoms with Gasteiger partial charge in [0.05, 0.1) is 13.0 Å². The van der Waals surface area contributed by atoms with Crippen molar-refractivity contribution in [2.24, 2.45) is 5.92 Å². The predicted molar refractivity (Wildman–Crippen MR) is 60.7 cm³/mol. The SMILES string of the molecule is CCOC(=O)CC(C)N1CCCC(C)C1. The van der Waals surface area contributed by atoms with Crippen LogP contribution < -0.4 is 0 Å². The lowest BCUT2D eigenvalue weighted by Crippen LogP contribution is -2.41. The summed E-state index contributed by atoms with van der Waals surface area (Å²) in [4.78, 5) is 13.7. The molecule has 1 aliphatic heterocycles. The smallest absolute Gasteiger partial charge is 0.307 e. The van der Waals surface area contributed by atoms with Gasteiger partial charge in [-0.1, -0.05) is 6.92 Å². The van der Waals surface area contributed by atoms with Gasteiger partial charge in [0.1, 0.15) is 0 Å². The van der Waals surface area contributed by atoms with Crippen molar-refractivity contribution in [1.29, 1.82) is 0 Å². The molecule has 0 aromatic heterocycles. The highest BCUT2D eigenvalue weighted by Gasteiger charge is 2.22. The summed E-state index contributed by atoms with van der Waals surface area (Å²) >= 11 is 0. The molecule has 0 N–H and O–H groups in total. The maximum Gasteiger partial charge on any atom is 0.307 e. The molecule has 0 aromatic rings. The van der Waals surface area contributed by atoms with E-state index in [0.717, 1.165) is 19.0 Å². The van der Waals surface area contributed by atoms with Crippen LogP contribution in [0.1, 0.15) is 40.0 Å². The van der Waals surface area contributed by atoms with Crippen molar-refractivity contribution >= 4 is 5.97 Å². The van der Waals surface area contributed by atoms with Crippen LogP contribution in [-0.2, 0) is 9.53 Å². The monoisotopic (exact) mass is 213 g/mol. The Balaban J connectivity index is 2.32. The maximum atomic E-state index is 11.3. The molecule has 1 heterocycles. The van der Waals surface area contributed by atoms with Gasteiger partial charge in [-0.2, -0.15) is 0 Å². The molecule has 2 unspecified atom stereocenters. The van der Waals surface area contributed by atoms with E-state index in [1.54, 1.807) is 0 Å². The van der Waals surface area contributed by atoms with E-state index in [2.05, 4.69) is 18.7 Å². The first-order valence-corrected chi connectivity index (χ1v) is 6.03. The number of esters is 1. The molecule has 2 atom stereocenters. The number of ether oxygens (including phenoxy) is 1. The molecule has 1 saturated heterocycles. The van der Waals surface area contributed by atoms with Crippen LogP contribution in [-0.4, -0.2) is 36.6 Å². The molecule has 3 nitrogen and oxygen atoms in total. The summed E-state index contributed by atoms with van der Waals surface area (Å²) in [6, 6.07) is 0.326. The molecule has 0 saturated carbocycles. The zero-order valence-corrected chi connectivity index (χ0v) is 10.2. The van der Waals surface area contributed by atoms with Crippen LogP contribution in [0.3, 0.4) is 0 Å². The van der Waals surface area contributed by atoms with Gasteiger partial charge in [0.15, 0.2) is 0 Å². The van der Waals surface area contributed by atoms with Crippen LogP contribution in [0.5, 0.6) is 0 Å². The van der Waals surface area contributed by atoms with Crippen LogP contribution in [0.15, 0.2) is 0 Å². The largest absolute Gasteiger partial charge is 0.466 e. The molecule has 1 aliphatic rings. The van der Waals surface area contributed by atoms with E-state index < -0.39 is 0 Å². The summed E-state index contributed by atoms with van der Waals surface area (Å²) in [5.74, 6) is 0.701. The standard InChI is InChI=1S/C12H23NO2/c1-4-15-12(14)8-11(3)13-7-5-6-10(2)9-13/h10-11H,4-9H2,1-3H3. The molecule has 0 radical (unpaired) electrons. The Labute approximate surface area is 92.8 Å². The first-order valence-electron chi connectivity index (χ1n) is 6.03. The average molecular weight is 213 g/mol. The summed E-state index contributed by atoms with van der Waals surface area (Å²) in [7, 11) is 0. The average Bonchev–Trinajstić information content (AvgIpc) is 2.18. The van der Waals surface area contributed by atoms with E-state index >= 15 is 0 Å². The van der Waals surface area contributed by atoms with E-state index in [4.69, 9.17) is 4.74 Å². The molecule has 1 rings (SSSR count). The number of carbonyl (C=O) groups is 1. The van der Waals surface area contributed by atoms with Crippen molar-refractivity contribution in [3.8, 4) is 0 Å². The topological polar surface area (TPSA) is 29.5 Å². The Kier molecular flexibility index (Phi) is 5.09. The van der Waals surface area contributed by atoms with Crippen LogP contribution in [0, 0.1) is 5.92 Å². The van der Waals surface area contributed by atoms with Crippen LogP contribution in [0.25, 0.3) is 0 Å². The lowest BCUT2D eigenvalue weighted by molar-refractivity contribution is -0.144.